The van der Waals surface area contributed by atoms with Crippen LogP contribution in [-0.4, -0.2) is 36.5 Å². The number of aliphatic imine (C=N–C) groups is 1. The Morgan fingerprint density at radius 1 is 1.35 bits per heavy atom. The van der Waals surface area contributed by atoms with Crippen LogP contribution in [0, 0.1) is 5.41 Å². The minimum Gasteiger partial charge on any atom is -0.357 e. The number of anilines is 1. The van der Waals surface area contributed by atoms with Gasteiger partial charge < -0.3 is 16.0 Å². The molecule has 0 aromatic carbocycles. The highest BCUT2D eigenvalue weighted by Crippen LogP contribution is 2.42. The van der Waals surface area contributed by atoms with Crippen LogP contribution in [-0.2, 0) is 4.79 Å². The molecule has 1 aliphatic carbocycles. The molecule has 6 nitrogen and oxygen atoms in total. The lowest BCUT2D eigenvalue weighted by Crippen LogP contribution is -2.46. The van der Waals surface area contributed by atoms with E-state index in [1.807, 2.05) is 6.92 Å². The molecule has 0 saturated heterocycles. The van der Waals surface area contributed by atoms with Crippen molar-refractivity contribution in [1.29, 1.82) is 0 Å². The Bertz CT molecular complexity index is 520. The summed E-state index contributed by atoms with van der Waals surface area (Å²) in [6.07, 6.45) is 8.34. The summed E-state index contributed by atoms with van der Waals surface area (Å²) in [4.78, 5) is 20.3. The molecule has 0 unspecified atom stereocenters. The van der Waals surface area contributed by atoms with Gasteiger partial charge in [-0.15, -0.1) is 0 Å². The van der Waals surface area contributed by atoms with E-state index in [9.17, 15) is 4.79 Å². The van der Waals surface area contributed by atoms with Gasteiger partial charge >= 0.3 is 0 Å². The molecule has 0 aliphatic heterocycles. The number of rotatable bonds is 7. The summed E-state index contributed by atoms with van der Waals surface area (Å²) in [6, 6.07) is 3.59. The number of carbonyl (C=O) groups excluding carboxylic acids is 1. The lowest BCUT2D eigenvalue weighted by molar-refractivity contribution is -0.114. The van der Waals surface area contributed by atoms with E-state index >= 15 is 0 Å². The van der Waals surface area contributed by atoms with Gasteiger partial charge in [-0.1, -0.05) is 13.3 Å². The number of guanidine groups is 1. The zero-order chi connectivity index (χ0) is 16.5. The molecule has 0 bridgehead atoms. The van der Waals surface area contributed by atoms with Crippen molar-refractivity contribution in [2.75, 3.05) is 25.0 Å². The molecule has 126 valence electrons. The highest BCUT2D eigenvalue weighted by molar-refractivity contribution is 5.93. The van der Waals surface area contributed by atoms with Crippen LogP contribution in [0.4, 0.5) is 5.69 Å². The summed E-state index contributed by atoms with van der Waals surface area (Å²) >= 11 is 0. The van der Waals surface area contributed by atoms with Gasteiger partial charge in [0.05, 0.1) is 11.9 Å². The third kappa shape index (κ3) is 5.23. The second-order valence-corrected chi connectivity index (χ2v) is 6.05. The topological polar surface area (TPSA) is 78.4 Å². The van der Waals surface area contributed by atoms with Gasteiger partial charge in [-0.2, -0.15) is 0 Å². The fourth-order valence-corrected chi connectivity index (χ4v) is 2.73. The van der Waals surface area contributed by atoms with Gasteiger partial charge in [0.2, 0.25) is 5.91 Å². The molecule has 0 radical (unpaired) electrons. The third-order valence-electron chi connectivity index (χ3n) is 4.47. The van der Waals surface area contributed by atoms with Crippen LogP contribution in [0.2, 0.25) is 0 Å². The Kier molecular flexibility index (Phi) is 6.38. The Labute approximate surface area is 138 Å². The van der Waals surface area contributed by atoms with Crippen molar-refractivity contribution in [3.8, 4) is 0 Å². The summed E-state index contributed by atoms with van der Waals surface area (Å²) in [5, 5.41) is 9.35. The van der Waals surface area contributed by atoms with E-state index in [2.05, 4.69) is 32.9 Å². The van der Waals surface area contributed by atoms with Crippen LogP contribution in [0.15, 0.2) is 29.5 Å². The molecule has 1 fully saturated rings. The number of amides is 1. The maximum atomic E-state index is 11.9. The van der Waals surface area contributed by atoms with Gasteiger partial charge in [0, 0.05) is 19.3 Å². The maximum Gasteiger partial charge on any atom is 0.246 e. The fourth-order valence-electron chi connectivity index (χ4n) is 2.73. The monoisotopic (exact) mass is 317 g/mol. The van der Waals surface area contributed by atoms with E-state index in [1.165, 1.54) is 25.7 Å². The van der Waals surface area contributed by atoms with Crippen LogP contribution >= 0.6 is 0 Å². The molecule has 6 heteroatoms. The molecular weight excluding hydrogens is 290 g/mol. The smallest absolute Gasteiger partial charge is 0.246 e. The van der Waals surface area contributed by atoms with Crippen molar-refractivity contribution < 1.29 is 4.79 Å². The summed E-state index contributed by atoms with van der Waals surface area (Å²) in [6.45, 7) is 6.04. The average Bonchev–Trinajstić information content (AvgIpc) is 2.53. The first kappa shape index (κ1) is 17.2. The molecular formula is C17H27N5O. The lowest BCUT2D eigenvalue weighted by Gasteiger charge is -2.41. The highest BCUT2D eigenvalue weighted by atomic mass is 16.1. The van der Waals surface area contributed by atoms with E-state index in [0.29, 0.717) is 17.1 Å². The van der Waals surface area contributed by atoms with Crippen LogP contribution in [0.1, 0.15) is 39.5 Å². The Hall–Kier alpha value is -2.11. The van der Waals surface area contributed by atoms with Crippen molar-refractivity contribution in [3.63, 3.8) is 0 Å². The quantitative estimate of drug-likeness (QED) is 0.532. The molecule has 1 amide bonds. The van der Waals surface area contributed by atoms with E-state index in [-0.39, 0.29) is 12.5 Å². The summed E-state index contributed by atoms with van der Waals surface area (Å²) in [7, 11) is 0. The summed E-state index contributed by atoms with van der Waals surface area (Å²) < 4.78 is 0. The minimum atomic E-state index is -0.149. The number of aromatic nitrogens is 1. The lowest BCUT2D eigenvalue weighted by atomic mass is 9.67. The fraction of sp³-hybridized carbons (Fsp3) is 0.588. The molecule has 1 heterocycles. The normalized spacial score (nSPS) is 16.3. The van der Waals surface area contributed by atoms with Crippen molar-refractivity contribution in [2.45, 2.75) is 39.5 Å². The number of pyridine rings is 1. The van der Waals surface area contributed by atoms with E-state index in [4.69, 9.17) is 0 Å². The Balaban J connectivity index is 1.84. The molecule has 2 rings (SSSR count). The zero-order valence-corrected chi connectivity index (χ0v) is 14.1. The average molecular weight is 317 g/mol. The largest absolute Gasteiger partial charge is 0.357 e. The predicted octanol–water partition coefficient (Wildman–Crippen LogP) is 2.16. The van der Waals surface area contributed by atoms with Crippen molar-refractivity contribution in [2.24, 2.45) is 10.4 Å². The molecule has 23 heavy (non-hydrogen) atoms. The third-order valence-corrected chi connectivity index (χ3v) is 4.47. The number of nitrogens with zero attached hydrogens (tertiary/aromatic N) is 2. The van der Waals surface area contributed by atoms with Crippen molar-refractivity contribution >= 4 is 17.6 Å². The van der Waals surface area contributed by atoms with Crippen LogP contribution in [0.25, 0.3) is 0 Å². The number of nitrogens with one attached hydrogen (secondary N) is 3. The minimum absolute atomic E-state index is 0.0867. The van der Waals surface area contributed by atoms with Gasteiger partial charge in [-0.3, -0.25) is 9.78 Å². The van der Waals surface area contributed by atoms with Gasteiger partial charge in [0.15, 0.2) is 5.96 Å². The second-order valence-electron chi connectivity index (χ2n) is 6.05. The van der Waals surface area contributed by atoms with Crippen LogP contribution in [0.3, 0.4) is 0 Å². The second kappa shape index (κ2) is 8.50. The molecule has 3 N–H and O–H groups in total. The number of hydrogen-bond acceptors (Lipinski definition) is 3. The SMILES string of the molecule is CCNC(=NCC(=O)Nc1cccnc1)NCC1(CC)CCC1. The molecule has 1 aromatic heterocycles. The Morgan fingerprint density at radius 3 is 2.74 bits per heavy atom. The number of carbonyl (C=O) groups is 1. The van der Waals surface area contributed by atoms with E-state index in [1.54, 1.807) is 24.5 Å². The first-order chi connectivity index (χ1) is 11.2. The van der Waals surface area contributed by atoms with Crippen LogP contribution < -0.4 is 16.0 Å². The highest BCUT2D eigenvalue weighted by Gasteiger charge is 2.34. The van der Waals surface area contributed by atoms with E-state index < -0.39 is 0 Å². The number of hydrogen-bond donors (Lipinski definition) is 3. The molecule has 0 atom stereocenters. The van der Waals surface area contributed by atoms with Gasteiger partial charge in [-0.25, -0.2) is 4.99 Å². The van der Waals surface area contributed by atoms with Gasteiger partial charge in [0.25, 0.3) is 0 Å². The van der Waals surface area contributed by atoms with Gasteiger partial charge in [0.1, 0.15) is 6.54 Å². The van der Waals surface area contributed by atoms with Gasteiger partial charge in [-0.05, 0) is 43.7 Å². The summed E-state index contributed by atoms with van der Waals surface area (Å²) in [5.74, 6) is 0.553. The summed E-state index contributed by atoms with van der Waals surface area (Å²) in [5.41, 5.74) is 1.10. The first-order valence-corrected chi connectivity index (χ1v) is 8.39. The van der Waals surface area contributed by atoms with Crippen molar-refractivity contribution in [3.05, 3.63) is 24.5 Å². The first-order valence-electron chi connectivity index (χ1n) is 8.39. The van der Waals surface area contributed by atoms with Crippen molar-refractivity contribution in [1.82, 2.24) is 15.6 Å². The maximum absolute atomic E-state index is 11.9. The molecule has 1 aromatic rings. The molecule has 1 aliphatic rings. The van der Waals surface area contributed by atoms with Crippen LogP contribution in [0.5, 0.6) is 0 Å². The predicted molar refractivity (Wildman–Crippen MR) is 93.4 cm³/mol. The zero-order valence-electron chi connectivity index (χ0n) is 14.1. The Morgan fingerprint density at radius 2 is 2.17 bits per heavy atom. The standard InChI is InChI=1S/C17H27N5O/c1-3-17(8-6-9-17)13-21-16(19-4-2)20-12-15(23)22-14-7-5-10-18-11-14/h5,7,10-11H,3-4,6,8-9,12-13H2,1-2H3,(H,22,23)(H2,19,20,21). The van der Waals surface area contributed by atoms with E-state index in [0.717, 1.165) is 13.1 Å². The molecule has 1 saturated carbocycles. The molecule has 0 spiro atoms.